The summed E-state index contributed by atoms with van der Waals surface area (Å²) in [5.41, 5.74) is 0.538. The van der Waals surface area contributed by atoms with Crippen molar-refractivity contribution in [3.63, 3.8) is 0 Å². The van der Waals surface area contributed by atoms with Crippen LogP contribution in [0.25, 0.3) is 0 Å². The number of nitrogens with one attached hydrogen (secondary N) is 2. The summed E-state index contributed by atoms with van der Waals surface area (Å²) in [6, 6.07) is 4.42. The van der Waals surface area contributed by atoms with Gasteiger partial charge in [-0.05, 0) is 31.0 Å². The molecule has 0 unspecified atom stereocenters. The quantitative estimate of drug-likeness (QED) is 0.855. The minimum atomic E-state index is -0.423. The summed E-state index contributed by atoms with van der Waals surface area (Å²) in [4.78, 5) is 11.9. The van der Waals surface area contributed by atoms with Gasteiger partial charge in [-0.1, -0.05) is 34.5 Å². The molecular weight excluding hydrogens is 347 g/mol. The summed E-state index contributed by atoms with van der Waals surface area (Å²) in [5, 5.41) is 15.3. The first-order valence-electron chi connectivity index (χ1n) is 6.60. The number of ether oxygens (including phenoxy) is 1. The zero-order chi connectivity index (χ0) is 15.5. The molecule has 1 aromatic carbocycles. The van der Waals surface area contributed by atoms with Gasteiger partial charge in [0.15, 0.2) is 0 Å². The number of benzene rings is 1. The molecule has 0 saturated carbocycles. The molecule has 1 aliphatic rings. The van der Waals surface area contributed by atoms with Gasteiger partial charge in [-0.25, -0.2) is 4.79 Å². The van der Waals surface area contributed by atoms with E-state index in [2.05, 4.69) is 20.8 Å². The Balaban J connectivity index is 1.60. The monoisotopic (exact) mass is 358 g/mol. The van der Waals surface area contributed by atoms with E-state index in [0.29, 0.717) is 20.9 Å². The predicted octanol–water partition coefficient (Wildman–Crippen LogP) is 4.34. The lowest BCUT2D eigenvalue weighted by Gasteiger charge is -2.06. The molecule has 1 fully saturated rings. The van der Waals surface area contributed by atoms with E-state index in [1.165, 1.54) is 11.3 Å². The molecule has 1 aliphatic heterocycles. The van der Waals surface area contributed by atoms with E-state index in [-0.39, 0.29) is 6.10 Å². The van der Waals surface area contributed by atoms with Crippen molar-refractivity contribution in [1.82, 2.24) is 10.2 Å². The van der Waals surface area contributed by atoms with Gasteiger partial charge in [0.1, 0.15) is 11.1 Å². The van der Waals surface area contributed by atoms with Gasteiger partial charge in [0.25, 0.3) is 0 Å². The Hall–Kier alpha value is -1.41. The number of urea groups is 1. The van der Waals surface area contributed by atoms with E-state index >= 15 is 0 Å². The van der Waals surface area contributed by atoms with E-state index in [9.17, 15) is 4.79 Å². The van der Waals surface area contributed by atoms with Gasteiger partial charge in [0, 0.05) is 12.3 Å². The molecular formula is C13H12Cl2N4O2S. The normalized spacial score (nSPS) is 17.5. The van der Waals surface area contributed by atoms with Gasteiger partial charge >= 0.3 is 6.03 Å². The zero-order valence-corrected chi connectivity index (χ0v) is 13.6. The molecule has 0 spiro atoms. The van der Waals surface area contributed by atoms with Gasteiger partial charge in [0.2, 0.25) is 5.13 Å². The summed E-state index contributed by atoms with van der Waals surface area (Å²) < 4.78 is 5.53. The molecule has 0 radical (unpaired) electrons. The molecule has 0 aliphatic carbocycles. The molecule has 2 N–H and O–H groups in total. The number of rotatable bonds is 3. The summed E-state index contributed by atoms with van der Waals surface area (Å²) >= 11 is 13.0. The second-order valence-electron chi connectivity index (χ2n) is 4.66. The number of nitrogens with zero attached hydrogens (tertiary/aromatic N) is 2. The van der Waals surface area contributed by atoms with Crippen LogP contribution in [0.2, 0.25) is 10.0 Å². The van der Waals surface area contributed by atoms with Crippen molar-refractivity contribution in [2.45, 2.75) is 18.9 Å². The second-order valence-corrected chi connectivity index (χ2v) is 6.48. The zero-order valence-electron chi connectivity index (χ0n) is 11.3. The molecule has 0 bridgehead atoms. The highest BCUT2D eigenvalue weighted by molar-refractivity contribution is 7.15. The highest BCUT2D eigenvalue weighted by Crippen LogP contribution is 2.32. The Morgan fingerprint density at radius 1 is 1.27 bits per heavy atom. The van der Waals surface area contributed by atoms with E-state index < -0.39 is 6.03 Å². The topological polar surface area (TPSA) is 76.1 Å². The predicted molar refractivity (Wildman–Crippen MR) is 86.9 cm³/mol. The van der Waals surface area contributed by atoms with Crippen LogP contribution >= 0.6 is 34.5 Å². The number of amides is 2. The maximum Gasteiger partial charge on any atom is 0.325 e. The first kappa shape index (κ1) is 15.5. The van der Waals surface area contributed by atoms with Gasteiger partial charge in [0.05, 0.1) is 10.0 Å². The van der Waals surface area contributed by atoms with Crippen LogP contribution in [0.4, 0.5) is 15.6 Å². The molecule has 1 aromatic heterocycles. The van der Waals surface area contributed by atoms with Crippen molar-refractivity contribution in [3.05, 3.63) is 33.3 Å². The molecule has 1 saturated heterocycles. The fourth-order valence-electron chi connectivity index (χ4n) is 2.02. The SMILES string of the molecule is O=C(Nc1ccc(Cl)c(Cl)c1)Nc1nnc([C@@H]2CCCO2)s1. The van der Waals surface area contributed by atoms with Crippen LogP contribution in [0.3, 0.4) is 0 Å². The molecule has 2 amide bonds. The fourth-order valence-corrected chi connectivity index (χ4v) is 3.14. The number of anilines is 2. The Morgan fingerprint density at radius 2 is 2.14 bits per heavy atom. The summed E-state index contributed by atoms with van der Waals surface area (Å²) in [7, 11) is 0. The van der Waals surface area contributed by atoms with Crippen molar-refractivity contribution in [1.29, 1.82) is 0 Å². The smallest absolute Gasteiger partial charge is 0.325 e. The highest BCUT2D eigenvalue weighted by atomic mass is 35.5. The molecule has 116 valence electrons. The van der Waals surface area contributed by atoms with E-state index in [1.807, 2.05) is 0 Å². The van der Waals surface area contributed by atoms with Crippen molar-refractivity contribution in [3.8, 4) is 0 Å². The van der Waals surface area contributed by atoms with Crippen LogP contribution < -0.4 is 10.6 Å². The molecule has 6 nitrogen and oxygen atoms in total. The van der Waals surface area contributed by atoms with Crippen molar-refractivity contribution >= 4 is 51.4 Å². The third-order valence-electron chi connectivity index (χ3n) is 3.04. The number of carbonyl (C=O) groups is 1. The average Bonchev–Trinajstić information content (AvgIpc) is 3.13. The minimum absolute atomic E-state index is 0.00816. The van der Waals surface area contributed by atoms with Crippen LogP contribution in [-0.2, 0) is 4.74 Å². The van der Waals surface area contributed by atoms with Crippen LogP contribution in [0.15, 0.2) is 18.2 Å². The van der Waals surface area contributed by atoms with Crippen LogP contribution in [-0.4, -0.2) is 22.8 Å². The lowest BCUT2D eigenvalue weighted by Crippen LogP contribution is -2.19. The van der Waals surface area contributed by atoms with E-state index in [1.54, 1.807) is 18.2 Å². The van der Waals surface area contributed by atoms with E-state index in [4.69, 9.17) is 27.9 Å². The average molecular weight is 359 g/mol. The third-order valence-corrected chi connectivity index (χ3v) is 4.71. The maximum atomic E-state index is 11.9. The summed E-state index contributed by atoms with van der Waals surface area (Å²) in [6.45, 7) is 0.741. The number of hydrogen-bond acceptors (Lipinski definition) is 5. The van der Waals surface area contributed by atoms with Crippen LogP contribution in [0, 0.1) is 0 Å². The second kappa shape index (κ2) is 6.78. The fraction of sp³-hybridized carbons (Fsp3) is 0.308. The third kappa shape index (κ3) is 3.67. The van der Waals surface area contributed by atoms with E-state index in [0.717, 1.165) is 24.5 Å². The van der Waals surface area contributed by atoms with Gasteiger partial charge in [-0.3, -0.25) is 5.32 Å². The van der Waals surface area contributed by atoms with Crippen molar-refractivity contribution in [2.24, 2.45) is 0 Å². The Labute approximate surface area is 140 Å². The van der Waals surface area contributed by atoms with Gasteiger partial charge in [-0.2, -0.15) is 0 Å². The van der Waals surface area contributed by atoms with Crippen molar-refractivity contribution in [2.75, 3.05) is 17.2 Å². The molecule has 22 heavy (non-hydrogen) atoms. The largest absolute Gasteiger partial charge is 0.371 e. The van der Waals surface area contributed by atoms with Gasteiger partial charge in [-0.15, -0.1) is 10.2 Å². The molecule has 2 aromatic rings. The summed E-state index contributed by atoms with van der Waals surface area (Å²) in [6.07, 6.45) is 1.95. The minimum Gasteiger partial charge on any atom is -0.371 e. The van der Waals surface area contributed by atoms with Crippen LogP contribution in [0.1, 0.15) is 24.0 Å². The number of halogens is 2. The molecule has 1 atom stereocenters. The Morgan fingerprint density at radius 3 is 2.86 bits per heavy atom. The standard InChI is InChI=1S/C13H12Cl2N4O2S/c14-8-4-3-7(6-9(8)15)16-12(20)17-13-19-18-11(22-13)10-2-1-5-21-10/h3-4,6,10H,1-2,5H2,(H2,16,17,19,20)/t10-/m0/s1. The maximum absolute atomic E-state index is 11.9. The summed E-state index contributed by atoms with van der Waals surface area (Å²) in [5.74, 6) is 0. The molecule has 2 heterocycles. The highest BCUT2D eigenvalue weighted by Gasteiger charge is 2.22. The van der Waals surface area contributed by atoms with Gasteiger partial charge < -0.3 is 10.1 Å². The van der Waals surface area contributed by atoms with Crippen molar-refractivity contribution < 1.29 is 9.53 Å². The number of carbonyl (C=O) groups excluding carboxylic acids is 1. The first-order chi connectivity index (χ1) is 10.6. The molecule has 3 rings (SSSR count). The lowest BCUT2D eigenvalue weighted by atomic mass is 10.2. The number of aromatic nitrogens is 2. The number of hydrogen-bond donors (Lipinski definition) is 2. The molecule has 9 heteroatoms. The lowest BCUT2D eigenvalue weighted by molar-refractivity contribution is 0.111. The first-order valence-corrected chi connectivity index (χ1v) is 8.17. The Bertz CT molecular complexity index is 688. The Kier molecular flexibility index (Phi) is 4.77. The van der Waals surface area contributed by atoms with Crippen LogP contribution in [0.5, 0.6) is 0 Å².